The molecule has 0 amide bonds. The van der Waals surface area contributed by atoms with Crippen molar-refractivity contribution in [3.63, 3.8) is 0 Å². The summed E-state index contributed by atoms with van der Waals surface area (Å²) >= 11 is 0. The minimum Gasteiger partial charge on any atom is -0.396 e. The summed E-state index contributed by atoms with van der Waals surface area (Å²) in [5, 5.41) is 8.77. The van der Waals surface area contributed by atoms with Crippen LogP contribution in [0.25, 0.3) is 0 Å². The molecule has 5 nitrogen and oxygen atoms in total. The zero-order valence-electron chi connectivity index (χ0n) is 13.5. The lowest BCUT2D eigenvalue weighted by Gasteiger charge is -2.28. The predicted octanol–water partition coefficient (Wildman–Crippen LogP) is 2.36. The molecule has 2 aromatic rings. The molecule has 0 radical (unpaired) electrons. The summed E-state index contributed by atoms with van der Waals surface area (Å²) in [7, 11) is -4.00. The number of hydrogen-bond donors (Lipinski definition) is 2. The number of nitrogens with zero attached hydrogens (tertiary/aromatic N) is 1. The van der Waals surface area contributed by atoms with Gasteiger partial charge < -0.3 is 5.11 Å². The van der Waals surface area contributed by atoms with E-state index in [4.69, 9.17) is 9.66 Å². The van der Waals surface area contributed by atoms with Crippen molar-refractivity contribution in [2.75, 3.05) is 19.7 Å². The van der Waals surface area contributed by atoms with Gasteiger partial charge in [-0.3, -0.25) is 9.45 Å². The molecule has 0 aromatic heterocycles. The molecule has 2 N–H and O–H groups in total. The Morgan fingerprint density at radius 1 is 0.958 bits per heavy atom. The first-order valence-electron chi connectivity index (χ1n) is 7.93. The van der Waals surface area contributed by atoms with Crippen LogP contribution >= 0.6 is 0 Å². The molecule has 1 heterocycles. The van der Waals surface area contributed by atoms with Crippen LogP contribution in [0.15, 0.2) is 59.5 Å². The van der Waals surface area contributed by atoms with Crippen LogP contribution in [0, 0.1) is 0 Å². The van der Waals surface area contributed by atoms with E-state index in [2.05, 4.69) is 29.2 Å². The summed E-state index contributed by atoms with van der Waals surface area (Å²) < 4.78 is 29.2. The summed E-state index contributed by atoms with van der Waals surface area (Å²) in [5.41, 5.74) is 2.95. The van der Waals surface area contributed by atoms with E-state index in [-0.39, 0.29) is 4.90 Å². The van der Waals surface area contributed by atoms with Gasteiger partial charge in [0.25, 0.3) is 10.1 Å². The van der Waals surface area contributed by atoms with E-state index >= 15 is 0 Å². The van der Waals surface area contributed by atoms with Gasteiger partial charge in [0.05, 0.1) is 4.90 Å². The first kappa shape index (κ1) is 18.6. The van der Waals surface area contributed by atoms with Crippen molar-refractivity contribution in [3.05, 3.63) is 65.7 Å². The highest BCUT2D eigenvalue weighted by Gasteiger charge is 2.14. The molecule has 24 heavy (non-hydrogen) atoms. The fraction of sp³-hybridized carbons (Fsp3) is 0.333. The molecular weight excluding hydrogens is 326 g/mol. The lowest BCUT2D eigenvalue weighted by atomic mass is 10.00. The Hall–Kier alpha value is -1.73. The van der Waals surface area contributed by atoms with Gasteiger partial charge in [0.15, 0.2) is 0 Å². The molecule has 3 rings (SSSR count). The van der Waals surface area contributed by atoms with E-state index in [0.29, 0.717) is 6.61 Å². The van der Waals surface area contributed by atoms with Crippen LogP contribution in [-0.2, 0) is 23.1 Å². The molecule has 1 aliphatic rings. The number of aliphatic hydroxyl groups is 1. The highest BCUT2D eigenvalue weighted by molar-refractivity contribution is 7.85. The second-order valence-electron chi connectivity index (χ2n) is 5.66. The molecule has 0 saturated heterocycles. The van der Waals surface area contributed by atoms with Crippen molar-refractivity contribution in [3.8, 4) is 0 Å². The Labute approximate surface area is 143 Å². The van der Waals surface area contributed by atoms with Crippen molar-refractivity contribution < 1.29 is 18.1 Å². The molecule has 1 aliphatic heterocycles. The average Bonchev–Trinajstić information content (AvgIpc) is 2.60. The Morgan fingerprint density at radius 2 is 1.58 bits per heavy atom. The molecule has 0 aliphatic carbocycles. The number of fused-ring (bicyclic) bond motifs is 1. The zero-order valence-corrected chi connectivity index (χ0v) is 14.3. The zero-order chi connectivity index (χ0) is 17.4. The first-order valence-corrected chi connectivity index (χ1v) is 9.37. The van der Waals surface area contributed by atoms with Gasteiger partial charge in [-0.1, -0.05) is 42.5 Å². The highest BCUT2D eigenvalue weighted by Crippen LogP contribution is 2.18. The third-order valence-corrected chi connectivity index (χ3v) is 4.75. The van der Waals surface area contributed by atoms with Crippen molar-refractivity contribution >= 4 is 10.1 Å². The van der Waals surface area contributed by atoms with Gasteiger partial charge >= 0.3 is 0 Å². The Morgan fingerprint density at radius 3 is 2.17 bits per heavy atom. The normalized spacial score (nSPS) is 14.4. The quantitative estimate of drug-likeness (QED) is 0.829. The summed E-state index contributed by atoms with van der Waals surface area (Å²) in [6.45, 7) is 3.51. The molecule has 0 spiro atoms. The van der Waals surface area contributed by atoms with Crippen LogP contribution in [0.1, 0.15) is 17.5 Å². The topological polar surface area (TPSA) is 77.8 Å². The Kier molecular flexibility index (Phi) is 6.93. The number of benzene rings is 2. The smallest absolute Gasteiger partial charge is 0.294 e. The fourth-order valence-corrected chi connectivity index (χ4v) is 3.13. The average molecular weight is 349 g/mol. The predicted molar refractivity (Wildman–Crippen MR) is 93.4 cm³/mol. The second-order valence-corrected chi connectivity index (χ2v) is 7.08. The molecule has 2 aromatic carbocycles. The maximum absolute atomic E-state index is 10.4. The lowest BCUT2D eigenvalue weighted by molar-refractivity contribution is 0.212. The van der Waals surface area contributed by atoms with Gasteiger partial charge in [0, 0.05) is 26.2 Å². The molecule has 0 unspecified atom stereocenters. The Balaban J connectivity index is 0.000000185. The third-order valence-electron chi connectivity index (χ3n) is 3.88. The van der Waals surface area contributed by atoms with E-state index in [1.165, 1.54) is 23.3 Å². The van der Waals surface area contributed by atoms with Crippen LogP contribution in [-0.4, -0.2) is 42.7 Å². The Bertz CT molecular complexity index is 732. The minimum atomic E-state index is -4.00. The molecule has 0 fully saturated rings. The van der Waals surface area contributed by atoms with Crippen molar-refractivity contribution in [2.45, 2.75) is 24.3 Å². The molecule has 130 valence electrons. The second kappa shape index (κ2) is 8.94. The van der Waals surface area contributed by atoms with Crippen molar-refractivity contribution in [1.82, 2.24) is 4.90 Å². The van der Waals surface area contributed by atoms with E-state index in [1.807, 2.05) is 0 Å². The van der Waals surface area contributed by atoms with Crippen LogP contribution in [0.2, 0.25) is 0 Å². The van der Waals surface area contributed by atoms with Crippen LogP contribution in [0.3, 0.4) is 0 Å². The lowest BCUT2D eigenvalue weighted by Crippen LogP contribution is -2.31. The maximum atomic E-state index is 10.4. The third kappa shape index (κ3) is 5.72. The van der Waals surface area contributed by atoms with Crippen molar-refractivity contribution in [2.24, 2.45) is 0 Å². The summed E-state index contributed by atoms with van der Waals surface area (Å²) in [5.74, 6) is 0. The minimum absolute atomic E-state index is 0.0741. The fourth-order valence-electron chi connectivity index (χ4n) is 2.63. The summed E-state index contributed by atoms with van der Waals surface area (Å²) in [4.78, 5) is 2.34. The molecule has 0 bridgehead atoms. The van der Waals surface area contributed by atoms with E-state index < -0.39 is 10.1 Å². The highest BCUT2D eigenvalue weighted by atomic mass is 32.2. The van der Waals surface area contributed by atoms with Gasteiger partial charge in [0.2, 0.25) is 0 Å². The molecule has 6 heteroatoms. The van der Waals surface area contributed by atoms with Gasteiger partial charge in [-0.05, 0) is 36.1 Å². The van der Waals surface area contributed by atoms with E-state index in [1.54, 1.807) is 18.2 Å². The number of aliphatic hydroxyl groups excluding tert-OH is 1. The number of rotatable bonds is 4. The van der Waals surface area contributed by atoms with Crippen LogP contribution in [0.4, 0.5) is 0 Å². The summed E-state index contributed by atoms with van der Waals surface area (Å²) in [6.07, 6.45) is 2.05. The van der Waals surface area contributed by atoms with E-state index in [0.717, 1.165) is 32.5 Å². The van der Waals surface area contributed by atoms with E-state index in [9.17, 15) is 8.42 Å². The van der Waals surface area contributed by atoms with Gasteiger partial charge in [-0.2, -0.15) is 8.42 Å². The molecule has 0 saturated carbocycles. The molecule has 0 atom stereocenters. The van der Waals surface area contributed by atoms with Gasteiger partial charge in [0.1, 0.15) is 0 Å². The molecular formula is C18H23NO4S. The first-order chi connectivity index (χ1) is 11.5. The van der Waals surface area contributed by atoms with Crippen LogP contribution < -0.4 is 0 Å². The van der Waals surface area contributed by atoms with Crippen molar-refractivity contribution in [1.29, 1.82) is 0 Å². The largest absolute Gasteiger partial charge is 0.396 e. The van der Waals surface area contributed by atoms with Gasteiger partial charge in [-0.25, -0.2) is 0 Å². The maximum Gasteiger partial charge on any atom is 0.294 e. The van der Waals surface area contributed by atoms with Gasteiger partial charge in [-0.15, -0.1) is 0 Å². The van der Waals surface area contributed by atoms with Crippen LogP contribution in [0.5, 0.6) is 0 Å². The SMILES string of the molecule is O=S(=O)(O)c1ccccc1.OCCCN1CCc2ccccc2C1. The standard InChI is InChI=1S/C12H17NO.C6H6O3S/c14-9-3-7-13-8-6-11-4-1-2-5-12(11)10-13;7-10(8,9)6-4-2-1-3-5-6/h1-2,4-5,14H,3,6-10H2;1-5H,(H,7,8,9). The summed E-state index contributed by atoms with van der Waals surface area (Å²) in [6, 6.07) is 16.1. The number of hydrogen-bond acceptors (Lipinski definition) is 4. The monoisotopic (exact) mass is 349 g/mol.